The second-order valence-electron chi connectivity index (χ2n) is 3.94. The van der Waals surface area contributed by atoms with E-state index in [1.165, 1.54) is 12.1 Å². The lowest BCUT2D eigenvalue weighted by atomic mass is 10.2. The van der Waals surface area contributed by atoms with E-state index < -0.39 is 21.6 Å². The van der Waals surface area contributed by atoms with E-state index in [4.69, 9.17) is 9.63 Å². The molecular weight excluding hydrogens is 352 g/mol. The number of nitrogens with zero attached hydrogens (tertiary/aromatic N) is 2. The van der Waals surface area contributed by atoms with Crippen molar-refractivity contribution in [2.24, 2.45) is 0 Å². The van der Waals surface area contributed by atoms with Crippen molar-refractivity contribution in [1.29, 1.82) is 0 Å². The molecule has 0 atom stereocenters. The zero-order valence-electron chi connectivity index (χ0n) is 10.2. The summed E-state index contributed by atoms with van der Waals surface area (Å²) in [6, 6.07) is 3.77. The van der Waals surface area contributed by atoms with Gasteiger partial charge in [-0.15, -0.1) is 0 Å². The smallest absolute Gasteiger partial charge is 0.335 e. The fourth-order valence-corrected chi connectivity index (χ4v) is 3.79. The molecule has 0 bridgehead atoms. The van der Waals surface area contributed by atoms with Crippen LogP contribution in [0, 0.1) is 6.92 Å². The van der Waals surface area contributed by atoms with Crippen LogP contribution >= 0.6 is 15.9 Å². The normalized spacial score (nSPS) is 11.5. The first-order valence-electron chi connectivity index (χ1n) is 5.34. The first kappa shape index (κ1) is 14.7. The minimum Gasteiger partial charge on any atom is -0.478 e. The van der Waals surface area contributed by atoms with Crippen molar-refractivity contribution in [3.8, 4) is 0 Å². The molecule has 106 valence electrons. The van der Waals surface area contributed by atoms with Crippen LogP contribution < -0.4 is 0 Å². The molecular formula is C11H9BrN2O5S. The van der Waals surface area contributed by atoms with E-state index in [0.29, 0.717) is 0 Å². The Labute approximate surface area is 122 Å². The molecule has 1 aromatic carbocycles. The van der Waals surface area contributed by atoms with Crippen molar-refractivity contribution in [3.05, 3.63) is 40.0 Å². The summed E-state index contributed by atoms with van der Waals surface area (Å²) in [7, 11) is -3.78. The number of rotatable bonds is 4. The molecule has 0 aliphatic heterocycles. The van der Waals surface area contributed by atoms with E-state index in [-0.39, 0.29) is 26.6 Å². The summed E-state index contributed by atoms with van der Waals surface area (Å²) in [6.07, 6.45) is 0. The van der Waals surface area contributed by atoms with Crippen LogP contribution in [0.2, 0.25) is 0 Å². The predicted molar refractivity (Wildman–Crippen MR) is 71.0 cm³/mol. The number of hydrogen-bond acceptors (Lipinski definition) is 6. The summed E-state index contributed by atoms with van der Waals surface area (Å²) in [4.78, 5) is 14.6. The SMILES string of the molecule is Cc1nc(CS(=O)(=O)c2cc(C(=O)O)ccc2Br)no1. The average Bonchev–Trinajstić information content (AvgIpc) is 2.73. The van der Waals surface area contributed by atoms with Crippen molar-refractivity contribution in [2.75, 3.05) is 0 Å². The highest BCUT2D eigenvalue weighted by molar-refractivity contribution is 9.10. The van der Waals surface area contributed by atoms with E-state index in [1.54, 1.807) is 6.92 Å². The van der Waals surface area contributed by atoms with Crippen molar-refractivity contribution >= 4 is 31.7 Å². The van der Waals surface area contributed by atoms with Gasteiger partial charge in [0, 0.05) is 11.4 Å². The van der Waals surface area contributed by atoms with Gasteiger partial charge < -0.3 is 9.63 Å². The molecule has 0 saturated carbocycles. The van der Waals surface area contributed by atoms with Gasteiger partial charge in [-0.05, 0) is 34.1 Å². The maximum Gasteiger partial charge on any atom is 0.335 e. The molecule has 7 nitrogen and oxygen atoms in total. The molecule has 0 radical (unpaired) electrons. The molecule has 9 heteroatoms. The molecule has 0 saturated heterocycles. The highest BCUT2D eigenvalue weighted by Gasteiger charge is 2.22. The van der Waals surface area contributed by atoms with E-state index in [1.807, 2.05) is 0 Å². The summed E-state index contributed by atoms with van der Waals surface area (Å²) in [5.74, 6) is -1.39. The Bertz CT molecular complexity index is 769. The molecule has 0 aliphatic rings. The summed E-state index contributed by atoms with van der Waals surface area (Å²) >= 11 is 3.10. The van der Waals surface area contributed by atoms with Crippen LogP contribution in [-0.2, 0) is 15.6 Å². The second-order valence-corrected chi connectivity index (χ2v) is 6.75. The highest BCUT2D eigenvalue weighted by Crippen LogP contribution is 2.26. The number of aromatic nitrogens is 2. The van der Waals surface area contributed by atoms with E-state index in [9.17, 15) is 13.2 Å². The van der Waals surface area contributed by atoms with Crippen LogP contribution in [0.1, 0.15) is 22.1 Å². The zero-order chi connectivity index (χ0) is 14.9. The molecule has 1 N–H and O–H groups in total. The van der Waals surface area contributed by atoms with E-state index >= 15 is 0 Å². The number of hydrogen-bond donors (Lipinski definition) is 1. The number of sulfone groups is 1. The van der Waals surface area contributed by atoms with Gasteiger partial charge in [0.05, 0.1) is 10.5 Å². The minimum atomic E-state index is -3.78. The van der Waals surface area contributed by atoms with Crippen LogP contribution in [0.5, 0.6) is 0 Å². The summed E-state index contributed by atoms with van der Waals surface area (Å²) in [6.45, 7) is 1.55. The Morgan fingerprint density at radius 2 is 2.15 bits per heavy atom. The largest absolute Gasteiger partial charge is 0.478 e. The Hall–Kier alpha value is -1.74. The fourth-order valence-electron chi connectivity index (χ4n) is 1.52. The molecule has 0 unspecified atom stereocenters. The molecule has 1 aromatic heterocycles. The lowest BCUT2D eigenvalue weighted by molar-refractivity contribution is 0.0696. The number of benzene rings is 1. The lowest BCUT2D eigenvalue weighted by Gasteiger charge is -2.06. The third kappa shape index (κ3) is 3.05. The first-order valence-corrected chi connectivity index (χ1v) is 7.79. The van der Waals surface area contributed by atoms with Gasteiger partial charge >= 0.3 is 5.97 Å². The topological polar surface area (TPSA) is 110 Å². The van der Waals surface area contributed by atoms with Crippen LogP contribution in [0.15, 0.2) is 32.1 Å². The van der Waals surface area contributed by atoms with Crippen LogP contribution in [0.4, 0.5) is 0 Å². The molecule has 1 heterocycles. The van der Waals surface area contributed by atoms with E-state index in [0.717, 1.165) is 6.07 Å². The van der Waals surface area contributed by atoms with Crippen LogP contribution in [-0.4, -0.2) is 29.6 Å². The number of halogens is 1. The fraction of sp³-hybridized carbons (Fsp3) is 0.182. The van der Waals surface area contributed by atoms with Gasteiger partial charge in [-0.3, -0.25) is 0 Å². The average molecular weight is 361 g/mol. The maximum atomic E-state index is 12.3. The quantitative estimate of drug-likeness (QED) is 0.884. The molecule has 20 heavy (non-hydrogen) atoms. The summed E-state index contributed by atoms with van der Waals surface area (Å²) in [5, 5.41) is 12.4. The van der Waals surface area contributed by atoms with Crippen LogP contribution in [0.3, 0.4) is 0 Å². The molecule has 2 rings (SSSR count). The molecule has 2 aromatic rings. The molecule has 0 spiro atoms. The Morgan fingerprint density at radius 1 is 1.45 bits per heavy atom. The highest BCUT2D eigenvalue weighted by atomic mass is 79.9. The standard InChI is InChI=1S/C11H9BrN2O5S/c1-6-13-10(14-19-6)5-20(17,18)9-4-7(11(15)16)2-3-8(9)12/h2-4H,5H2,1H3,(H,15,16). The lowest BCUT2D eigenvalue weighted by Crippen LogP contribution is -2.09. The Morgan fingerprint density at radius 3 is 2.70 bits per heavy atom. The second kappa shape index (κ2) is 5.33. The van der Waals surface area contributed by atoms with Crippen molar-refractivity contribution in [3.63, 3.8) is 0 Å². The van der Waals surface area contributed by atoms with E-state index in [2.05, 4.69) is 26.1 Å². The minimum absolute atomic E-state index is 0.0233. The summed E-state index contributed by atoms with van der Waals surface area (Å²) in [5.41, 5.74) is -0.115. The number of carbonyl (C=O) groups is 1. The first-order chi connectivity index (χ1) is 9.29. The van der Waals surface area contributed by atoms with Crippen molar-refractivity contribution in [1.82, 2.24) is 10.1 Å². The van der Waals surface area contributed by atoms with Crippen LogP contribution in [0.25, 0.3) is 0 Å². The van der Waals surface area contributed by atoms with Gasteiger partial charge in [-0.25, -0.2) is 13.2 Å². The van der Waals surface area contributed by atoms with Gasteiger partial charge in [0.25, 0.3) is 0 Å². The predicted octanol–water partition coefficient (Wildman–Crippen LogP) is 1.81. The summed E-state index contributed by atoms with van der Waals surface area (Å²) < 4.78 is 29.5. The monoisotopic (exact) mass is 360 g/mol. The van der Waals surface area contributed by atoms with Crippen molar-refractivity contribution in [2.45, 2.75) is 17.6 Å². The molecule has 0 aliphatic carbocycles. The number of aryl methyl sites for hydroxylation is 1. The maximum absolute atomic E-state index is 12.3. The number of aromatic carboxylic acids is 1. The molecule has 0 amide bonds. The Balaban J connectivity index is 2.43. The number of carboxylic acids is 1. The van der Waals surface area contributed by atoms with Crippen molar-refractivity contribution < 1.29 is 22.8 Å². The third-order valence-electron chi connectivity index (χ3n) is 2.40. The van der Waals surface area contributed by atoms with Gasteiger partial charge in [-0.1, -0.05) is 5.16 Å². The van der Waals surface area contributed by atoms with Gasteiger partial charge in [0.2, 0.25) is 5.89 Å². The number of carboxylic acid groups (broad SMARTS) is 1. The zero-order valence-corrected chi connectivity index (χ0v) is 12.6. The Kier molecular flexibility index (Phi) is 3.91. The van der Waals surface area contributed by atoms with Gasteiger partial charge in [0.15, 0.2) is 15.7 Å². The van der Waals surface area contributed by atoms with Gasteiger partial charge in [0.1, 0.15) is 5.75 Å². The molecule has 0 fully saturated rings. The third-order valence-corrected chi connectivity index (χ3v) is 5.00. The van der Waals surface area contributed by atoms with Gasteiger partial charge in [-0.2, -0.15) is 4.98 Å².